The molecule has 2 N–H and O–H groups in total. The van der Waals surface area contributed by atoms with Gasteiger partial charge in [0.05, 0.1) is 4.92 Å². The first kappa shape index (κ1) is 14.2. The monoisotopic (exact) mass is 278 g/mol. The molecule has 1 aromatic heterocycles. The summed E-state index contributed by atoms with van der Waals surface area (Å²) in [6.07, 6.45) is 2.89. The molecule has 1 aliphatic heterocycles. The minimum atomic E-state index is -0.597. The summed E-state index contributed by atoms with van der Waals surface area (Å²) in [4.78, 5) is 28.4. The van der Waals surface area contributed by atoms with Crippen molar-refractivity contribution in [3.05, 3.63) is 27.9 Å². The van der Waals surface area contributed by atoms with Crippen LogP contribution in [-0.4, -0.2) is 33.3 Å². The second kappa shape index (κ2) is 5.44. The van der Waals surface area contributed by atoms with Crippen molar-refractivity contribution in [3.8, 4) is 0 Å². The van der Waals surface area contributed by atoms with Gasteiger partial charge >= 0.3 is 0 Å². The van der Waals surface area contributed by atoms with Gasteiger partial charge in [0.25, 0.3) is 11.6 Å². The first-order valence-corrected chi connectivity index (χ1v) is 6.62. The number of carbonyl (C=O) groups excluding carboxylic acids is 1. The van der Waals surface area contributed by atoms with E-state index in [1.807, 2.05) is 13.8 Å². The quantitative estimate of drug-likeness (QED) is 0.671. The number of amides is 1. The fourth-order valence-electron chi connectivity index (χ4n) is 2.67. The average molecular weight is 278 g/mol. The lowest BCUT2D eigenvalue weighted by Gasteiger charge is -2.27. The topological polar surface area (TPSA) is 102 Å². The Labute approximate surface area is 116 Å². The SMILES string of the molecule is CC(C)C1CCCN1C(=O)c1cc(N)ncc1[N+](=O)[O-]. The van der Waals surface area contributed by atoms with Crippen molar-refractivity contribution in [2.75, 3.05) is 12.3 Å². The van der Waals surface area contributed by atoms with Gasteiger partial charge in [0.2, 0.25) is 0 Å². The van der Waals surface area contributed by atoms with Gasteiger partial charge in [-0.25, -0.2) is 4.98 Å². The predicted molar refractivity (Wildman–Crippen MR) is 74.2 cm³/mol. The molecular weight excluding hydrogens is 260 g/mol. The Morgan fingerprint density at radius 2 is 2.30 bits per heavy atom. The number of anilines is 1. The Morgan fingerprint density at radius 1 is 1.60 bits per heavy atom. The Balaban J connectivity index is 2.38. The van der Waals surface area contributed by atoms with Crippen LogP contribution >= 0.6 is 0 Å². The molecule has 1 saturated heterocycles. The van der Waals surface area contributed by atoms with Gasteiger partial charge in [-0.3, -0.25) is 14.9 Å². The van der Waals surface area contributed by atoms with Crippen LogP contribution in [0.2, 0.25) is 0 Å². The van der Waals surface area contributed by atoms with E-state index in [2.05, 4.69) is 4.98 Å². The number of hydrogen-bond donors (Lipinski definition) is 1. The number of aromatic nitrogens is 1. The van der Waals surface area contributed by atoms with Gasteiger partial charge in [0, 0.05) is 12.6 Å². The molecule has 0 saturated carbocycles. The average Bonchev–Trinajstić information content (AvgIpc) is 2.86. The lowest BCUT2D eigenvalue weighted by atomic mass is 10.0. The molecule has 1 aromatic rings. The number of nitrogen functional groups attached to an aromatic ring is 1. The summed E-state index contributed by atoms with van der Waals surface area (Å²) >= 11 is 0. The van der Waals surface area contributed by atoms with Crippen molar-refractivity contribution < 1.29 is 9.72 Å². The number of carbonyl (C=O) groups is 1. The van der Waals surface area contributed by atoms with Crippen molar-refractivity contribution in [1.29, 1.82) is 0 Å². The Kier molecular flexibility index (Phi) is 3.87. The summed E-state index contributed by atoms with van der Waals surface area (Å²) in [5, 5.41) is 11.0. The molecule has 20 heavy (non-hydrogen) atoms. The highest BCUT2D eigenvalue weighted by atomic mass is 16.6. The molecule has 0 bridgehead atoms. The number of nitro groups is 1. The number of pyridine rings is 1. The molecular formula is C13H18N4O3. The molecule has 1 amide bonds. The minimum absolute atomic E-state index is 0.0232. The van der Waals surface area contributed by atoms with E-state index in [0.717, 1.165) is 19.0 Å². The van der Waals surface area contributed by atoms with Crippen LogP contribution in [0, 0.1) is 16.0 Å². The Morgan fingerprint density at radius 3 is 2.90 bits per heavy atom. The van der Waals surface area contributed by atoms with E-state index in [0.29, 0.717) is 12.5 Å². The van der Waals surface area contributed by atoms with E-state index in [4.69, 9.17) is 5.73 Å². The van der Waals surface area contributed by atoms with Crippen LogP contribution in [0.1, 0.15) is 37.0 Å². The maximum Gasteiger partial charge on any atom is 0.300 e. The number of nitrogens with two attached hydrogens (primary N) is 1. The molecule has 1 fully saturated rings. The first-order valence-electron chi connectivity index (χ1n) is 6.62. The third kappa shape index (κ3) is 2.56. The van der Waals surface area contributed by atoms with E-state index in [1.165, 1.54) is 6.07 Å². The van der Waals surface area contributed by atoms with Crippen molar-refractivity contribution >= 4 is 17.4 Å². The van der Waals surface area contributed by atoms with Gasteiger partial charge in [-0.1, -0.05) is 13.8 Å². The van der Waals surface area contributed by atoms with Gasteiger partial charge in [-0.2, -0.15) is 0 Å². The largest absolute Gasteiger partial charge is 0.384 e. The van der Waals surface area contributed by atoms with Crippen molar-refractivity contribution in [1.82, 2.24) is 9.88 Å². The highest BCUT2D eigenvalue weighted by Gasteiger charge is 2.34. The maximum atomic E-state index is 12.6. The van der Waals surface area contributed by atoms with Crippen LogP contribution in [-0.2, 0) is 0 Å². The normalized spacial score (nSPS) is 18.6. The first-order chi connectivity index (χ1) is 9.41. The third-order valence-electron chi connectivity index (χ3n) is 3.66. The zero-order valence-corrected chi connectivity index (χ0v) is 11.6. The smallest absolute Gasteiger partial charge is 0.300 e. The molecule has 0 aliphatic carbocycles. The fraction of sp³-hybridized carbons (Fsp3) is 0.538. The van der Waals surface area contributed by atoms with Gasteiger partial charge in [-0.15, -0.1) is 0 Å². The van der Waals surface area contributed by atoms with Gasteiger partial charge in [0.1, 0.15) is 17.6 Å². The number of rotatable bonds is 3. The summed E-state index contributed by atoms with van der Waals surface area (Å²) in [5.41, 5.74) is 5.28. The Bertz CT molecular complexity index is 544. The standard InChI is InChI=1S/C13H18N4O3/c1-8(2)10-4-3-5-16(10)13(18)9-6-12(14)15-7-11(9)17(19)20/h6-8,10H,3-5H2,1-2H3,(H2,14,15). The molecule has 1 aliphatic rings. The third-order valence-corrected chi connectivity index (χ3v) is 3.66. The highest BCUT2D eigenvalue weighted by molar-refractivity contribution is 5.99. The lowest BCUT2D eigenvalue weighted by molar-refractivity contribution is -0.385. The van der Waals surface area contributed by atoms with Crippen molar-refractivity contribution in [3.63, 3.8) is 0 Å². The molecule has 2 heterocycles. The van der Waals surface area contributed by atoms with Gasteiger partial charge in [0.15, 0.2) is 0 Å². The summed E-state index contributed by atoms with van der Waals surface area (Å²) in [6.45, 7) is 4.72. The van der Waals surface area contributed by atoms with Crippen LogP contribution in [0.5, 0.6) is 0 Å². The number of hydrogen-bond acceptors (Lipinski definition) is 5. The molecule has 1 unspecified atom stereocenters. The van der Waals surface area contributed by atoms with E-state index in [1.54, 1.807) is 4.90 Å². The van der Waals surface area contributed by atoms with E-state index in [-0.39, 0.29) is 29.0 Å². The van der Waals surface area contributed by atoms with E-state index < -0.39 is 4.92 Å². The minimum Gasteiger partial charge on any atom is -0.384 e. The molecule has 0 radical (unpaired) electrons. The van der Waals surface area contributed by atoms with Gasteiger partial charge in [-0.05, 0) is 24.8 Å². The summed E-state index contributed by atoms with van der Waals surface area (Å²) in [7, 11) is 0. The predicted octanol–water partition coefficient (Wildman–Crippen LogP) is 1.83. The lowest BCUT2D eigenvalue weighted by Crippen LogP contribution is -2.38. The molecule has 7 nitrogen and oxygen atoms in total. The Hall–Kier alpha value is -2.18. The molecule has 1 atom stereocenters. The van der Waals surface area contributed by atoms with E-state index in [9.17, 15) is 14.9 Å². The summed E-state index contributed by atoms with van der Waals surface area (Å²) in [6, 6.07) is 1.41. The van der Waals surface area contributed by atoms with Crippen LogP contribution in [0.25, 0.3) is 0 Å². The molecule has 7 heteroatoms. The van der Waals surface area contributed by atoms with Crippen LogP contribution in [0.3, 0.4) is 0 Å². The molecule has 2 rings (SSSR count). The van der Waals surface area contributed by atoms with Crippen molar-refractivity contribution in [2.24, 2.45) is 5.92 Å². The van der Waals surface area contributed by atoms with Crippen molar-refractivity contribution in [2.45, 2.75) is 32.7 Å². The molecule has 0 aromatic carbocycles. The number of likely N-dealkylation sites (tertiary alicyclic amines) is 1. The molecule has 108 valence electrons. The van der Waals surface area contributed by atoms with Crippen LogP contribution < -0.4 is 5.73 Å². The molecule has 0 spiro atoms. The van der Waals surface area contributed by atoms with E-state index >= 15 is 0 Å². The number of nitrogens with zero attached hydrogens (tertiary/aromatic N) is 3. The second-order valence-electron chi connectivity index (χ2n) is 5.34. The zero-order chi connectivity index (χ0) is 14.9. The fourth-order valence-corrected chi connectivity index (χ4v) is 2.67. The zero-order valence-electron chi connectivity index (χ0n) is 11.6. The summed E-state index contributed by atoms with van der Waals surface area (Å²) < 4.78 is 0. The van der Waals surface area contributed by atoms with Crippen LogP contribution in [0.15, 0.2) is 12.3 Å². The van der Waals surface area contributed by atoms with Gasteiger partial charge < -0.3 is 10.6 Å². The maximum absolute atomic E-state index is 12.6. The second-order valence-corrected chi connectivity index (χ2v) is 5.34. The summed E-state index contributed by atoms with van der Waals surface area (Å²) in [5.74, 6) is 0.0981. The van der Waals surface area contributed by atoms with Crippen LogP contribution in [0.4, 0.5) is 11.5 Å². The highest BCUT2D eigenvalue weighted by Crippen LogP contribution is 2.28.